The molecule has 0 saturated carbocycles. The van der Waals surface area contributed by atoms with Crippen molar-refractivity contribution >= 4 is 17.1 Å². The lowest BCUT2D eigenvalue weighted by atomic mass is 10.2. The Morgan fingerprint density at radius 3 is 2.77 bits per heavy atom. The Hall–Kier alpha value is -3.16. The molecule has 0 atom stereocenters. The fourth-order valence-corrected chi connectivity index (χ4v) is 2.05. The highest BCUT2D eigenvalue weighted by Crippen LogP contribution is 2.19. The van der Waals surface area contributed by atoms with Gasteiger partial charge in [-0.25, -0.2) is 0 Å². The monoisotopic (exact) mass is 299 g/mol. The molecule has 3 aromatic rings. The SMILES string of the molecule is Cn1c(=O)c[n+]([O-])c2c(OCc3ccccc3)nc(N)nc21. The van der Waals surface area contributed by atoms with Crippen molar-refractivity contribution in [2.24, 2.45) is 7.05 Å². The molecule has 8 heteroatoms. The van der Waals surface area contributed by atoms with E-state index in [1.165, 1.54) is 11.6 Å². The number of ether oxygens (including phenoxy) is 1. The largest absolute Gasteiger partial charge is 0.618 e. The van der Waals surface area contributed by atoms with E-state index in [0.717, 1.165) is 11.8 Å². The molecule has 1 aromatic carbocycles. The Morgan fingerprint density at radius 2 is 2.05 bits per heavy atom. The fourth-order valence-electron chi connectivity index (χ4n) is 2.05. The second-order valence-electron chi connectivity index (χ2n) is 4.69. The lowest BCUT2D eigenvalue weighted by Gasteiger charge is -2.10. The molecule has 0 amide bonds. The van der Waals surface area contributed by atoms with Crippen LogP contribution >= 0.6 is 0 Å². The van der Waals surface area contributed by atoms with E-state index < -0.39 is 5.56 Å². The van der Waals surface area contributed by atoms with Gasteiger partial charge in [-0.2, -0.15) is 14.7 Å². The Bertz CT molecular complexity index is 892. The number of hydrogen-bond donors (Lipinski definition) is 1. The Balaban J connectivity index is 2.09. The summed E-state index contributed by atoms with van der Waals surface area (Å²) in [7, 11) is 1.50. The average molecular weight is 299 g/mol. The zero-order chi connectivity index (χ0) is 15.7. The molecule has 2 N–H and O–H groups in total. The number of aromatic nitrogens is 4. The number of rotatable bonds is 3. The van der Waals surface area contributed by atoms with Gasteiger partial charge in [-0.05, 0) is 5.56 Å². The minimum absolute atomic E-state index is 0.0388. The van der Waals surface area contributed by atoms with Gasteiger partial charge in [0, 0.05) is 7.05 Å². The second kappa shape index (κ2) is 5.32. The molecule has 0 spiro atoms. The van der Waals surface area contributed by atoms with Crippen molar-refractivity contribution in [1.29, 1.82) is 0 Å². The van der Waals surface area contributed by atoms with E-state index in [4.69, 9.17) is 10.5 Å². The van der Waals surface area contributed by atoms with Crippen molar-refractivity contribution < 1.29 is 9.47 Å². The summed E-state index contributed by atoms with van der Waals surface area (Å²) in [5, 5.41) is 12.0. The average Bonchev–Trinajstić information content (AvgIpc) is 2.51. The summed E-state index contributed by atoms with van der Waals surface area (Å²) in [6.45, 7) is 0.217. The second-order valence-corrected chi connectivity index (χ2v) is 4.69. The zero-order valence-electron chi connectivity index (χ0n) is 11.8. The quantitative estimate of drug-likeness (QED) is 0.543. The third kappa shape index (κ3) is 2.41. The van der Waals surface area contributed by atoms with Crippen molar-refractivity contribution in [3.05, 3.63) is 57.7 Å². The van der Waals surface area contributed by atoms with E-state index >= 15 is 0 Å². The lowest BCUT2D eigenvalue weighted by Crippen LogP contribution is -2.37. The standard InChI is InChI=1S/C14H13N5O3/c1-18-10(20)7-19(21)11-12(18)16-14(15)17-13(11)22-8-9-5-3-2-4-6-9/h2-7H,8H2,1H3,(H2,15,16,17). The normalized spacial score (nSPS) is 10.8. The van der Waals surface area contributed by atoms with Gasteiger partial charge in [-0.1, -0.05) is 30.3 Å². The van der Waals surface area contributed by atoms with Crippen LogP contribution in [0.25, 0.3) is 11.2 Å². The van der Waals surface area contributed by atoms with Crippen LogP contribution in [0.4, 0.5) is 5.95 Å². The van der Waals surface area contributed by atoms with Crippen LogP contribution in [-0.4, -0.2) is 14.5 Å². The number of hydrogen-bond acceptors (Lipinski definition) is 6. The minimum Gasteiger partial charge on any atom is -0.618 e. The molecule has 22 heavy (non-hydrogen) atoms. The summed E-state index contributed by atoms with van der Waals surface area (Å²) < 4.78 is 7.21. The third-order valence-corrected chi connectivity index (χ3v) is 3.17. The predicted molar refractivity (Wildman–Crippen MR) is 78.9 cm³/mol. The highest BCUT2D eigenvalue weighted by Gasteiger charge is 2.20. The van der Waals surface area contributed by atoms with Crippen LogP contribution in [0.2, 0.25) is 0 Å². The molecule has 0 saturated heterocycles. The van der Waals surface area contributed by atoms with E-state index in [0.29, 0.717) is 4.73 Å². The van der Waals surface area contributed by atoms with Gasteiger partial charge < -0.3 is 15.7 Å². The van der Waals surface area contributed by atoms with Gasteiger partial charge in [0.05, 0.1) is 0 Å². The number of nitrogen functional groups attached to an aromatic ring is 1. The van der Waals surface area contributed by atoms with Crippen molar-refractivity contribution in [2.75, 3.05) is 5.73 Å². The summed E-state index contributed by atoms with van der Waals surface area (Å²) in [5.41, 5.74) is 6.24. The van der Waals surface area contributed by atoms with Crippen LogP contribution in [0.15, 0.2) is 41.3 Å². The van der Waals surface area contributed by atoms with Crippen molar-refractivity contribution in [2.45, 2.75) is 6.61 Å². The summed E-state index contributed by atoms with van der Waals surface area (Å²) in [6, 6.07) is 9.41. The minimum atomic E-state index is -0.491. The van der Waals surface area contributed by atoms with Gasteiger partial charge in [0.15, 0.2) is 0 Å². The molecule has 2 aromatic heterocycles. The molecule has 0 aliphatic carbocycles. The molecule has 8 nitrogen and oxygen atoms in total. The van der Waals surface area contributed by atoms with Gasteiger partial charge in [0.2, 0.25) is 17.8 Å². The topological polar surface area (TPSA) is 110 Å². The highest BCUT2D eigenvalue weighted by atomic mass is 16.5. The molecule has 2 heterocycles. The van der Waals surface area contributed by atoms with Gasteiger partial charge in [-0.3, -0.25) is 9.36 Å². The molecule has 0 aliphatic heterocycles. The number of anilines is 1. The highest BCUT2D eigenvalue weighted by molar-refractivity contribution is 5.73. The van der Waals surface area contributed by atoms with Gasteiger partial charge >= 0.3 is 11.1 Å². The van der Waals surface area contributed by atoms with Crippen LogP contribution in [0.5, 0.6) is 5.88 Å². The first-order chi connectivity index (χ1) is 10.6. The molecule has 0 unspecified atom stereocenters. The van der Waals surface area contributed by atoms with Crippen LogP contribution < -0.4 is 20.8 Å². The molecule has 0 fully saturated rings. The number of benzene rings is 1. The maximum absolute atomic E-state index is 12.0. The maximum Gasteiger partial charge on any atom is 0.322 e. The molecule has 0 radical (unpaired) electrons. The van der Waals surface area contributed by atoms with Crippen molar-refractivity contribution in [3.8, 4) is 5.88 Å². The van der Waals surface area contributed by atoms with Crippen LogP contribution in [0.1, 0.15) is 5.56 Å². The summed E-state index contributed by atoms with van der Waals surface area (Å²) in [4.78, 5) is 19.6. The van der Waals surface area contributed by atoms with E-state index in [-0.39, 0.29) is 29.6 Å². The molecule has 3 rings (SSSR count). The van der Waals surface area contributed by atoms with E-state index in [1.807, 2.05) is 30.3 Å². The third-order valence-electron chi connectivity index (χ3n) is 3.17. The first kappa shape index (κ1) is 13.8. The van der Waals surface area contributed by atoms with Crippen LogP contribution in [0.3, 0.4) is 0 Å². The van der Waals surface area contributed by atoms with Crippen molar-refractivity contribution in [1.82, 2.24) is 14.5 Å². The van der Waals surface area contributed by atoms with E-state index in [9.17, 15) is 10.0 Å². The predicted octanol–water partition coefficient (Wildman–Crippen LogP) is 0.123. The number of aryl methyl sites for hydroxylation is 1. The Kier molecular flexibility index (Phi) is 3.34. The fraction of sp³-hybridized carbons (Fsp3) is 0.143. The first-order valence-corrected chi connectivity index (χ1v) is 6.49. The number of nitrogens with two attached hydrogens (primary N) is 1. The van der Waals surface area contributed by atoms with Gasteiger partial charge in [0.25, 0.3) is 5.88 Å². The smallest absolute Gasteiger partial charge is 0.322 e. The van der Waals surface area contributed by atoms with E-state index in [2.05, 4.69) is 9.97 Å². The van der Waals surface area contributed by atoms with E-state index in [1.54, 1.807) is 0 Å². The molecular weight excluding hydrogens is 286 g/mol. The van der Waals surface area contributed by atoms with Crippen LogP contribution in [-0.2, 0) is 13.7 Å². The molecule has 0 bridgehead atoms. The molecular formula is C14H13N5O3. The summed E-state index contributed by atoms with van der Waals surface area (Å²) in [6.07, 6.45) is 0.900. The van der Waals surface area contributed by atoms with Crippen LogP contribution in [0, 0.1) is 5.21 Å². The Labute approximate surface area is 125 Å². The number of nitrogens with zero attached hydrogens (tertiary/aromatic N) is 4. The number of fused-ring (bicyclic) bond motifs is 1. The van der Waals surface area contributed by atoms with Crippen molar-refractivity contribution in [3.63, 3.8) is 0 Å². The molecule has 0 aliphatic rings. The van der Waals surface area contributed by atoms with Gasteiger partial charge in [-0.15, -0.1) is 0 Å². The molecule has 112 valence electrons. The summed E-state index contributed by atoms with van der Waals surface area (Å²) >= 11 is 0. The summed E-state index contributed by atoms with van der Waals surface area (Å²) in [5.74, 6) is -0.0336. The zero-order valence-corrected chi connectivity index (χ0v) is 11.8. The Morgan fingerprint density at radius 1 is 1.32 bits per heavy atom. The van der Waals surface area contributed by atoms with Gasteiger partial charge in [0.1, 0.15) is 6.61 Å². The maximum atomic E-state index is 12.0. The lowest BCUT2D eigenvalue weighted by molar-refractivity contribution is -0.579. The first-order valence-electron chi connectivity index (χ1n) is 6.49.